The zero-order valence-electron chi connectivity index (χ0n) is 11.9. The standard InChI is InChI=1S/C17H12ClNO2S2/c18-13-7-3-1-6-12(13)10-21-14-8-4-2-5-11(14)9-15-16(20)19-17(22)23-15/h1-9H,10H2,(H,19,20,22)/b15-9+. The molecule has 0 spiro atoms. The quantitative estimate of drug-likeness (QED) is 0.646. The third kappa shape index (κ3) is 3.93. The van der Waals surface area contributed by atoms with Crippen LogP contribution >= 0.6 is 35.6 Å². The molecule has 2 aromatic carbocycles. The van der Waals surface area contributed by atoms with Gasteiger partial charge in [-0.15, -0.1) is 0 Å². The predicted molar refractivity (Wildman–Crippen MR) is 98.5 cm³/mol. The van der Waals surface area contributed by atoms with E-state index in [0.717, 1.165) is 11.1 Å². The highest BCUT2D eigenvalue weighted by Gasteiger charge is 2.22. The Labute approximate surface area is 148 Å². The monoisotopic (exact) mass is 361 g/mol. The number of nitrogens with one attached hydrogen (secondary N) is 1. The molecule has 116 valence electrons. The Morgan fingerprint density at radius 2 is 1.91 bits per heavy atom. The lowest BCUT2D eigenvalue weighted by atomic mass is 10.2. The molecule has 1 N–H and O–H groups in total. The highest BCUT2D eigenvalue weighted by molar-refractivity contribution is 8.26. The summed E-state index contributed by atoms with van der Waals surface area (Å²) in [7, 11) is 0. The first kappa shape index (κ1) is 16.1. The Kier molecular flexibility index (Phi) is 5.00. The fourth-order valence-corrected chi connectivity index (χ4v) is 3.29. The molecule has 0 bridgehead atoms. The third-order valence-corrected chi connectivity index (χ3v) is 4.72. The van der Waals surface area contributed by atoms with Crippen molar-refractivity contribution in [3.8, 4) is 5.75 Å². The number of thiocarbonyl (C=S) groups is 1. The molecule has 6 heteroatoms. The maximum absolute atomic E-state index is 11.8. The number of rotatable bonds is 4. The average molecular weight is 362 g/mol. The van der Waals surface area contributed by atoms with Gasteiger partial charge in [-0.1, -0.05) is 72.0 Å². The molecule has 0 saturated carbocycles. The SMILES string of the molecule is O=C1NC(=S)S/C1=C/c1ccccc1OCc1ccccc1Cl. The maximum Gasteiger partial charge on any atom is 0.263 e. The van der Waals surface area contributed by atoms with Gasteiger partial charge >= 0.3 is 0 Å². The normalized spacial score (nSPS) is 15.8. The third-order valence-electron chi connectivity index (χ3n) is 3.19. The summed E-state index contributed by atoms with van der Waals surface area (Å²) in [6.07, 6.45) is 1.78. The van der Waals surface area contributed by atoms with E-state index in [1.165, 1.54) is 11.8 Å². The molecule has 3 nitrogen and oxygen atoms in total. The Hall–Kier alpha value is -1.82. The van der Waals surface area contributed by atoms with Gasteiger partial charge in [-0.2, -0.15) is 0 Å². The molecular formula is C17H12ClNO2S2. The lowest BCUT2D eigenvalue weighted by molar-refractivity contribution is -0.115. The Bertz CT molecular complexity index is 805. The number of para-hydroxylation sites is 1. The van der Waals surface area contributed by atoms with Crippen LogP contribution in [0.25, 0.3) is 6.08 Å². The predicted octanol–water partition coefficient (Wildman–Crippen LogP) is 4.41. The Balaban J connectivity index is 1.81. The van der Waals surface area contributed by atoms with Gasteiger partial charge in [-0.25, -0.2) is 0 Å². The van der Waals surface area contributed by atoms with Crippen molar-refractivity contribution in [2.24, 2.45) is 0 Å². The zero-order valence-corrected chi connectivity index (χ0v) is 14.3. The number of ether oxygens (including phenoxy) is 1. The lowest BCUT2D eigenvalue weighted by Gasteiger charge is -2.10. The molecule has 0 aliphatic carbocycles. The summed E-state index contributed by atoms with van der Waals surface area (Å²) in [5.74, 6) is 0.507. The molecule has 1 amide bonds. The highest BCUT2D eigenvalue weighted by atomic mass is 35.5. The summed E-state index contributed by atoms with van der Waals surface area (Å²) >= 11 is 12.4. The van der Waals surface area contributed by atoms with Crippen LogP contribution in [0.4, 0.5) is 0 Å². The lowest BCUT2D eigenvalue weighted by Crippen LogP contribution is -2.17. The van der Waals surface area contributed by atoms with Crippen LogP contribution in [-0.2, 0) is 11.4 Å². The minimum atomic E-state index is -0.180. The van der Waals surface area contributed by atoms with E-state index in [4.69, 9.17) is 28.6 Å². The molecule has 0 aromatic heterocycles. The molecule has 1 heterocycles. The van der Waals surface area contributed by atoms with Gasteiger partial charge in [0, 0.05) is 16.1 Å². The summed E-state index contributed by atoms with van der Waals surface area (Å²) in [5, 5.41) is 3.27. The van der Waals surface area contributed by atoms with Crippen molar-refractivity contribution in [2.45, 2.75) is 6.61 Å². The molecule has 1 saturated heterocycles. The van der Waals surface area contributed by atoms with E-state index in [0.29, 0.717) is 26.6 Å². The summed E-state index contributed by atoms with van der Waals surface area (Å²) in [6.45, 7) is 0.359. The first-order valence-corrected chi connectivity index (χ1v) is 8.44. The number of halogens is 1. The minimum Gasteiger partial charge on any atom is -0.488 e. The molecule has 1 fully saturated rings. The maximum atomic E-state index is 11.8. The number of hydrogen-bond acceptors (Lipinski definition) is 4. The van der Waals surface area contributed by atoms with Crippen molar-refractivity contribution in [1.29, 1.82) is 0 Å². The van der Waals surface area contributed by atoms with E-state index in [1.54, 1.807) is 6.08 Å². The number of carbonyl (C=O) groups is 1. The summed E-state index contributed by atoms with van der Waals surface area (Å²) in [5.41, 5.74) is 1.73. The van der Waals surface area contributed by atoms with Crippen molar-refractivity contribution in [3.05, 3.63) is 69.6 Å². The van der Waals surface area contributed by atoms with Gasteiger partial charge in [-0.05, 0) is 18.2 Å². The van der Waals surface area contributed by atoms with Crippen LogP contribution in [0.15, 0.2) is 53.4 Å². The van der Waals surface area contributed by atoms with Crippen molar-refractivity contribution < 1.29 is 9.53 Å². The van der Waals surface area contributed by atoms with E-state index < -0.39 is 0 Å². The van der Waals surface area contributed by atoms with Crippen LogP contribution in [0.3, 0.4) is 0 Å². The second-order valence-corrected chi connectivity index (χ2v) is 6.90. The number of benzene rings is 2. The molecule has 23 heavy (non-hydrogen) atoms. The van der Waals surface area contributed by atoms with Crippen LogP contribution in [0.2, 0.25) is 5.02 Å². The smallest absolute Gasteiger partial charge is 0.263 e. The summed E-state index contributed by atoms with van der Waals surface area (Å²) < 4.78 is 6.34. The number of hydrogen-bond donors (Lipinski definition) is 1. The summed E-state index contributed by atoms with van der Waals surface area (Å²) in [4.78, 5) is 12.3. The van der Waals surface area contributed by atoms with Crippen LogP contribution in [-0.4, -0.2) is 10.2 Å². The van der Waals surface area contributed by atoms with Gasteiger partial charge in [0.15, 0.2) is 0 Å². The number of carbonyl (C=O) groups excluding carboxylic acids is 1. The molecular weight excluding hydrogens is 350 g/mol. The van der Waals surface area contributed by atoms with Crippen LogP contribution in [0.5, 0.6) is 5.75 Å². The van der Waals surface area contributed by atoms with E-state index >= 15 is 0 Å². The highest BCUT2D eigenvalue weighted by Crippen LogP contribution is 2.29. The Morgan fingerprint density at radius 3 is 2.65 bits per heavy atom. The zero-order chi connectivity index (χ0) is 16.2. The van der Waals surface area contributed by atoms with E-state index in [2.05, 4.69) is 5.32 Å². The molecule has 0 atom stereocenters. The second kappa shape index (κ2) is 7.17. The fourth-order valence-electron chi connectivity index (χ4n) is 2.06. The van der Waals surface area contributed by atoms with Gasteiger partial charge in [0.2, 0.25) is 0 Å². The van der Waals surface area contributed by atoms with E-state index in [-0.39, 0.29) is 5.91 Å². The molecule has 1 aliphatic heterocycles. The van der Waals surface area contributed by atoms with Gasteiger partial charge in [0.05, 0.1) is 4.91 Å². The molecule has 3 rings (SSSR count). The molecule has 0 unspecified atom stereocenters. The van der Waals surface area contributed by atoms with Crippen molar-refractivity contribution in [3.63, 3.8) is 0 Å². The topological polar surface area (TPSA) is 38.3 Å². The van der Waals surface area contributed by atoms with Crippen LogP contribution in [0, 0.1) is 0 Å². The van der Waals surface area contributed by atoms with Crippen molar-refractivity contribution in [1.82, 2.24) is 5.32 Å². The minimum absolute atomic E-state index is 0.180. The Morgan fingerprint density at radius 1 is 1.17 bits per heavy atom. The molecule has 0 radical (unpaired) electrons. The van der Waals surface area contributed by atoms with E-state index in [9.17, 15) is 4.79 Å². The van der Waals surface area contributed by atoms with E-state index in [1.807, 2.05) is 48.5 Å². The van der Waals surface area contributed by atoms with Crippen LogP contribution in [0.1, 0.15) is 11.1 Å². The average Bonchev–Trinajstić information content (AvgIpc) is 2.85. The second-order valence-electron chi connectivity index (χ2n) is 4.77. The first-order chi connectivity index (χ1) is 11.1. The van der Waals surface area contributed by atoms with Gasteiger partial charge in [-0.3, -0.25) is 4.79 Å². The fraction of sp³-hybridized carbons (Fsp3) is 0.0588. The number of thioether (sulfide) groups is 1. The number of amides is 1. The van der Waals surface area contributed by atoms with Crippen LogP contribution < -0.4 is 10.1 Å². The van der Waals surface area contributed by atoms with Gasteiger partial charge < -0.3 is 10.1 Å². The first-order valence-electron chi connectivity index (χ1n) is 6.83. The van der Waals surface area contributed by atoms with Gasteiger partial charge in [0.1, 0.15) is 16.7 Å². The van der Waals surface area contributed by atoms with Gasteiger partial charge in [0.25, 0.3) is 5.91 Å². The molecule has 1 aliphatic rings. The van der Waals surface area contributed by atoms with Crippen molar-refractivity contribution >= 4 is 51.9 Å². The summed E-state index contributed by atoms with van der Waals surface area (Å²) in [6, 6.07) is 15.1. The largest absolute Gasteiger partial charge is 0.488 e. The van der Waals surface area contributed by atoms with Crippen molar-refractivity contribution in [2.75, 3.05) is 0 Å². The molecule has 2 aromatic rings.